The molecular weight excluding hydrogens is 272 g/mol. The molecule has 0 bridgehead atoms. The van der Waals surface area contributed by atoms with Gasteiger partial charge < -0.3 is 23.7 Å². The van der Waals surface area contributed by atoms with E-state index in [2.05, 4.69) is 0 Å². The maximum absolute atomic E-state index is 5.39. The highest BCUT2D eigenvalue weighted by molar-refractivity contribution is 6.18. The summed E-state index contributed by atoms with van der Waals surface area (Å²) >= 11 is 5.27. The number of rotatable bonds is 10. The Kier molecular flexibility index (Phi) is 7.42. The minimum absolute atomic E-state index is 0.387. The van der Waals surface area contributed by atoms with Crippen molar-refractivity contribution in [3.63, 3.8) is 0 Å². The monoisotopic (exact) mass is 294 g/mol. The first-order valence-electron chi connectivity index (χ1n) is 6.94. The van der Waals surface area contributed by atoms with Crippen molar-refractivity contribution >= 4 is 11.6 Å². The molecule has 0 amide bonds. The molecule has 0 N–H and O–H groups in total. The van der Waals surface area contributed by atoms with Crippen LogP contribution in [0, 0.1) is 0 Å². The summed E-state index contributed by atoms with van der Waals surface area (Å²) in [6, 6.07) is 0. The lowest BCUT2D eigenvalue weighted by Crippen LogP contribution is -2.05. The van der Waals surface area contributed by atoms with Gasteiger partial charge in [0.2, 0.25) is 0 Å². The van der Waals surface area contributed by atoms with E-state index in [4.69, 9.17) is 35.3 Å². The van der Waals surface area contributed by atoms with E-state index in [0.29, 0.717) is 24.2 Å². The zero-order valence-electron chi connectivity index (χ0n) is 11.2. The fourth-order valence-electron chi connectivity index (χ4n) is 1.32. The lowest BCUT2D eigenvalue weighted by atomic mass is 10.3. The van der Waals surface area contributed by atoms with Crippen LogP contribution in [0.5, 0.6) is 0 Å². The van der Waals surface area contributed by atoms with Gasteiger partial charge in [0.05, 0.1) is 45.0 Å². The Morgan fingerprint density at radius 2 is 1.21 bits per heavy atom. The quantitative estimate of drug-likeness (QED) is 0.344. The van der Waals surface area contributed by atoms with Gasteiger partial charge in [-0.25, -0.2) is 0 Å². The Labute approximate surface area is 119 Å². The van der Waals surface area contributed by atoms with E-state index in [0.717, 1.165) is 59.1 Å². The smallest absolute Gasteiger partial charge is 0.104 e. The van der Waals surface area contributed by atoms with Crippen LogP contribution in [-0.4, -0.2) is 70.4 Å². The third-order valence-corrected chi connectivity index (χ3v) is 3.16. The highest BCUT2D eigenvalue weighted by Crippen LogP contribution is 2.10. The molecule has 0 radical (unpaired) electrons. The lowest BCUT2D eigenvalue weighted by Gasteiger charge is -2.03. The minimum Gasteiger partial charge on any atom is -0.379 e. The molecule has 3 atom stereocenters. The van der Waals surface area contributed by atoms with Crippen LogP contribution in [0.3, 0.4) is 0 Å². The molecule has 19 heavy (non-hydrogen) atoms. The first-order chi connectivity index (χ1) is 9.38. The van der Waals surface area contributed by atoms with Crippen LogP contribution in [-0.2, 0) is 23.7 Å². The fraction of sp³-hybridized carbons (Fsp3) is 1.00. The molecule has 0 aromatic rings. The van der Waals surface area contributed by atoms with E-state index in [9.17, 15) is 0 Å². The number of hydrogen-bond acceptors (Lipinski definition) is 5. The second kappa shape index (κ2) is 9.10. The van der Waals surface area contributed by atoms with E-state index < -0.39 is 0 Å². The van der Waals surface area contributed by atoms with E-state index in [1.165, 1.54) is 0 Å². The van der Waals surface area contributed by atoms with E-state index >= 15 is 0 Å². The fourth-order valence-corrected chi connectivity index (χ4v) is 1.50. The molecule has 0 aliphatic carbocycles. The van der Waals surface area contributed by atoms with Crippen LogP contribution in [0.15, 0.2) is 0 Å². The van der Waals surface area contributed by atoms with Gasteiger partial charge in [0.15, 0.2) is 0 Å². The number of halogens is 1. The third kappa shape index (κ3) is 9.60. The van der Waals surface area contributed by atoms with Crippen molar-refractivity contribution in [1.29, 1.82) is 0 Å². The predicted molar refractivity (Wildman–Crippen MR) is 70.8 cm³/mol. The minimum atomic E-state index is 0.387. The Morgan fingerprint density at radius 3 is 1.47 bits per heavy atom. The summed E-state index contributed by atoms with van der Waals surface area (Å²) in [7, 11) is 0. The summed E-state index contributed by atoms with van der Waals surface area (Å²) in [4.78, 5) is 0. The highest BCUT2D eigenvalue weighted by Gasteiger charge is 2.22. The van der Waals surface area contributed by atoms with Gasteiger partial charge in [0.1, 0.15) is 12.2 Å². The average molecular weight is 295 g/mol. The third-order valence-electron chi connectivity index (χ3n) is 2.81. The second-order valence-electron chi connectivity index (χ2n) is 4.88. The van der Waals surface area contributed by atoms with Crippen LogP contribution in [0.2, 0.25) is 0 Å². The molecular formula is C13H23ClO5. The van der Waals surface area contributed by atoms with Gasteiger partial charge in [0.25, 0.3) is 0 Å². The SMILES string of the molecule is C(CCOCC1CO1)COCC1CO1.ClCC1CO1. The molecule has 3 aliphatic heterocycles. The number of ether oxygens (including phenoxy) is 5. The lowest BCUT2D eigenvalue weighted by molar-refractivity contribution is 0.0885. The molecule has 3 rings (SSSR count). The standard InChI is InChI=1S/C10H18O4.C3H5ClO/c1(3-11-5-9-7-13-9)2-4-12-6-10-8-14-10;4-1-3-2-5-3/h9-10H,1-8H2;3H,1-2H2. The maximum atomic E-state index is 5.39. The van der Waals surface area contributed by atoms with Gasteiger partial charge in [0, 0.05) is 13.2 Å². The van der Waals surface area contributed by atoms with Crippen molar-refractivity contribution in [2.75, 3.05) is 52.1 Å². The molecule has 0 spiro atoms. The zero-order valence-corrected chi connectivity index (χ0v) is 12.0. The Balaban J connectivity index is 0.000000224. The van der Waals surface area contributed by atoms with Crippen LogP contribution < -0.4 is 0 Å². The normalized spacial score (nSPS) is 30.5. The van der Waals surface area contributed by atoms with Gasteiger partial charge in [-0.1, -0.05) is 0 Å². The Morgan fingerprint density at radius 1 is 0.789 bits per heavy atom. The second-order valence-corrected chi connectivity index (χ2v) is 5.19. The van der Waals surface area contributed by atoms with Crippen molar-refractivity contribution in [1.82, 2.24) is 0 Å². The molecule has 3 unspecified atom stereocenters. The summed E-state index contributed by atoms with van der Waals surface area (Å²) in [6.45, 7) is 5.80. The number of epoxide rings is 3. The average Bonchev–Trinajstić information content (AvgIpc) is 3.31. The van der Waals surface area contributed by atoms with Crippen LogP contribution in [0.25, 0.3) is 0 Å². The number of hydrogen-bond donors (Lipinski definition) is 0. The molecule has 0 saturated carbocycles. The predicted octanol–water partition coefficient (Wildman–Crippen LogP) is 1.22. The molecule has 0 aromatic carbocycles. The van der Waals surface area contributed by atoms with E-state index in [1.54, 1.807) is 0 Å². The summed E-state index contributed by atoms with van der Waals surface area (Å²) in [5.41, 5.74) is 0. The van der Waals surface area contributed by atoms with Crippen LogP contribution in [0.1, 0.15) is 12.8 Å². The van der Waals surface area contributed by atoms with Gasteiger partial charge in [-0.3, -0.25) is 0 Å². The first kappa shape index (κ1) is 15.5. The summed E-state index contributed by atoms with van der Waals surface area (Å²) in [6.07, 6.45) is 3.31. The molecule has 112 valence electrons. The van der Waals surface area contributed by atoms with Crippen LogP contribution in [0.4, 0.5) is 0 Å². The first-order valence-corrected chi connectivity index (χ1v) is 7.48. The zero-order chi connectivity index (χ0) is 13.3. The van der Waals surface area contributed by atoms with Crippen molar-refractivity contribution in [2.24, 2.45) is 0 Å². The van der Waals surface area contributed by atoms with Crippen LogP contribution >= 0.6 is 11.6 Å². The topological polar surface area (TPSA) is 56.0 Å². The Hall–Kier alpha value is 0.0900. The van der Waals surface area contributed by atoms with Gasteiger partial charge >= 0.3 is 0 Å². The number of alkyl halides is 1. The molecule has 3 aliphatic rings. The van der Waals surface area contributed by atoms with Gasteiger partial charge in [-0.15, -0.1) is 11.6 Å². The summed E-state index contributed by atoms with van der Waals surface area (Å²) < 4.78 is 25.6. The molecule has 5 nitrogen and oxygen atoms in total. The number of unbranched alkanes of at least 4 members (excludes halogenated alkanes) is 1. The Bertz CT molecular complexity index is 211. The highest BCUT2D eigenvalue weighted by atomic mass is 35.5. The summed E-state index contributed by atoms with van der Waals surface area (Å²) in [5.74, 6) is 0.667. The van der Waals surface area contributed by atoms with Crippen molar-refractivity contribution in [3.8, 4) is 0 Å². The molecule has 0 aromatic heterocycles. The summed E-state index contributed by atoms with van der Waals surface area (Å²) in [5, 5.41) is 0. The molecule has 3 heterocycles. The van der Waals surface area contributed by atoms with Gasteiger partial charge in [-0.2, -0.15) is 0 Å². The molecule has 6 heteroatoms. The maximum Gasteiger partial charge on any atom is 0.104 e. The van der Waals surface area contributed by atoms with E-state index in [1.807, 2.05) is 0 Å². The van der Waals surface area contributed by atoms with Crippen molar-refractivity contribution < 1.29 is 23.7 Å². The molecule has 3 saturated heterocycles. The molecule has 3 fully saturated rings. The van der Waals surface area contributed by atoms with Crippen molar-refractivity contribution in [2.45, 2.75) is 31.2 Å². The van der Waals surface area contributed by atoms with E-state index in [-0.39, 0.29) is 0 Å². The largest absolute Gasteiger partial charge is 0.379 e. The van der Waals surface area contributed by atoms with Crippen molar-refractivity contribution in [3.05, 3.63) is 0 Å². The van der Waals surface area contributed by atoms with Gasteiger partial charge in [-0.05, 0) is 12.8 Å².